The van der Waals surface area contributed by atoms with Gasteiger partial charge in [-0.2, -0.15) is 5.10 Å². The first-order valence-corrected chi connectivity index (χ1v) is 13.2. The van der Waals surface area contributed by atoms with Gasteiger partial charge >= 0.3 is 11.8 Å². The molecule has 1 fully saturated rings. The van der Waals surface area contributed by atoms with E-state index in [9.17, 15) is 18.0 Å². The predicted molar refractivity (Wildman–Crippen MR) is 127 cm³/mol. The number of amides is 2. The van der Waals surface area contributed by atoms with Crippen LogP contribution in [0.3, 0.4) is 0 Å². The minimum Gasteiger partial charge on any atom is -0.345 e. The minimum atomic E-state index is -3.33. The number of aryl methyl sites for hydroxylation is 2. The second-order valence-corrected chi connectivity index (χ2v) is 12.6. The predicted octanol–water partition coefficient (Wildman–Crippen LogP) is 3.19. The summed E-state index contributed by atoms with van der Waals surface area (Å²) in [7, 11) is -3.33. The Morgan fingerprint density at radius 1 is 1.12 bits per heavy atom. The van der Waals surface area contributed by atoms with Gasteiger partial charge in [-0.05, 0) is 56.1 Å². The third-order valence-corrected chi connectivity index (χ3v) is 7.97. The third kappa shape index (κ3) is 4.98. The van der Waals surface area contributed by atoms with Crippen LogP contribution in [-0.4, -0.2) is 36.1 Å². The number of rotatable bonds is 3. The molecule has 2 aliphatic rings. The molecule has 0 spiro atoms. The van der Waals surface area contributed by atoms with Crippen LogP contribution in [-0.2, 0) is 30.9 Å². The molecule has 0 saturated heterocycles. The maximum Gasteiger partial charge on any atom is 0.314 e. The maximum atomic E-state index is 12.9. The van der Waals surface area contributed by atoms with E-state index in [1.54, 1.807) is 4.68 Å². The Bertz CT molecular complexity index is 1230. The fraction of sp³-hybridized carbons (Fsp3) is 0.542. The van der Waals surface area contributed by atoms with Crippen molar-refractivity contribution in [2.24, 2.45) is 11.3 Å². The molecule has 4 rings (SSSR count). The Balaban J connectivity index is 1.60. The Hall–Kier alpha value is -2.68. The number of carbonyl (C=O) groups excluding carboxylic acids is 2. The zero-order valence-electron chi connectivity index (χ0n) is 19.9. The van der Waals surface area contributed by atoms with Crippen LogP contribution in [0.5, 0.6) is 0 Å². The lowest BCUT2D eigenvalue weighted by molar-refractivity contribution is -0.137. The Labute approximate surface area is 195 Å². The summed E-state index contributed by atoms with van der Waals surface area (Å²) in [6, 6.07) is 5.72. The van der Waals surface area contributed by atoms with Gasteiger partial charge in [-0.1, -0.05) is 38.5 Å². The van der Waals surface area contributed by atoms with Crippen molar-refractivity contribution in [1.82, 2.24) is 15.1 Å². The van der Waals surface area contributed by atoms with Gasteiger partial charge in [-0.25, -0.2) is 13.1 Å². The van der Waals surface area contributed by atoms with E-state index in [0.717, 1.165) is 36.1 Å². The van der Waals surface area contributed by atoms with Gasteiger partial charge in [0, 0.05) is 11.6 Å². The first kappa shape index (κ1) is 23.5. The molecule has 33 heavy (non-hydrogen) atoms. The van der Waals surface area contributed by atoms with Crippen molar-refractivity contribution in [3.8, 4) is 5.69 Å². The molecule has 0 bridgehead atoms. The summed E-state index contributed by atoms with van der Waals surface area (Å²) in [5, 5.41) is 10.1. The van der Waals surface area contributed by atoms with E-state index in [0.29, 0.717) is 17.2 Å². The number of nitrogens with one attached hydrogen (secondary N) is 2. The Morgan fingerprint density at radius 2 is 1.85 bits per heavy atom. The Morgan fingerprint density at radius 3 is 2.52 bits per heavy atom. The number of benzene rings is 1. The fourth-order valence-corrected chi connectivity index (χ4v) is 6.95. The SMILES string of the molecule is Cc1ccc(-n2nc3c(c2NC(=O)C(=O)NC2CC(C)CC(C)(C)C2)CS(=O)(=O)C3)c(C)c1. The van der Waals surface area contributed by atoms with Crippen molar-refractivity contribution in [2.45, 2.75) is 71.4 Å². The van der Waals surface area contributed by atoms with Crippen LogP contribution in [0.25, 0.3) is 5.69 Å². The first-order valence-electron chi connectivity index (χ1n) is 11.3. The van der Waals surface area contributed by atoms with Crippen LogP contribution in [0.4, 0.5) is 5.82 Å². The summed E-state index contributed by atoms with van der Waals surface area (Å²) < 4.78 is 25.9. The van der Waals surface area contributed by atoms with Crippen LogP contribution >= 0.6 is 0 Å². The van der Waals surface area contributed by atoms with E-state index >= 15 is 0 Å². The molecule has 8 nitrogen and oxygen atoms in total. The number of carbonyl (C=O) groups is 2. The lowest BCUT2D eigenvalue weighted by Crippen LogP contribution is -2.46. The molecule has 1 aliphatic heterocycles. The van der Waals surface area contributed by atoms with E-state index in [1.165, 1.54) is 0 Å². The quantitative estimate of drug-likeness (QED) is 0.667. The van der Waals surface area contributed by atoms with Gasteiger partial charge in [0.2, 0.25) is 0 Å². The second-order valence-electron chi connectivity index (χ2n) is 10.5. The highest BCUT2D eigenvalue weighted by molar-refractivity contribution is 7.90. The Kier molecular flexibility index (Phi) is 5.88. The molecular formula is C24H32N4O4S. The normalized spacial score (nSPS) is 23.1. The fourth-order valence-electron chi connectivity index (χ4n) is 5.46. The van der Waals surface area contributed by atoms with Crippen molar-refractivity contribution in [3.63, 3.8) is 0 Å². The summed E-state index contributed by atoms with van der Waals surface area (Å²) >= 11 is 0. The second kappa shape index (κ2) is 8.27. The summed E-state index contributed by atoms with van der Waals surface area (Å²) in [4.78, 5) is 25.7. The number of hydrogen-bond acceptors (Lipinski definition) is 5. The monoisotopic (exact) mass is 472 g/mol. The number of aromatic nitrogens is 2. The summed E-state index contributed by atoms with van der Waals surface area (Å²) in [5.41, 5.74) is 3.69. The van der Waals surface area contributed by atoms with E-state index in [2.05, 4.69) is 36.5 Å². The smallest absolute Gasteiger partial charge is 0.314 e. The number of anilines is 1. The molecule has 178 valence electrons. The molecule has 9 heteroatoms. The van der Waals surface area contributed by atoms with Gasteiger partial charge in [0.1, 0.15) is 5.82 Å². The molecule has 2 aromatic rings. The van der Waals surface area contributed by atoms with E-state index in [4.69, 9.17) is 0 Å². The van der Waals surface area contributed by atoms with Crippen LogP contribution < -0.4 is 10.6 Å². The van der Waals surface area contributed by atoms with Gasteiger partial charge < -0.3 is 10.6 Å². The average molecular weight is 473 g/mol. The van der Waals surface area contributed by atoms with Crippen molar-refractivity contribution >= 4 is 27.5 Å². The van der Waals surface area contributed by atoms with E-state index in [1.807, 2.05) is 32.0 Å². The molecular weight excluding hydrogens is 440 g/mol. The van der Waals surface area contributed by atoms with Crippen molar-refractivity contribution in [3.05, 3.63) is 40.6 Å². The van der Waals surface area contributed by atoms with Gasteiger partial charge in [0.15, 0.2) is 9.84 Å². The molecule has 1 aliphatic carbocycles. The summed E-state index contributed by atoms with van der Waals surface area (Å²) in [5.74, 6) is -1.21. The first-order chi connectivity index (χ1) is 15.3. The molecule has 1 saturated carbocycles. The molecule has 2 unspecified atom stereocenters. The highest BCUT2D eigenvalue weighted by Crippen LogP contribution is 2.38. The van der Waals surface area contributed by atoms with Gasteiger partial charge in [0.05, 0.1) is 22.9 Å². The number of nitrogens with zero attached hydrogens (tertiary/aromatic N) is 2. The zero-order valence-corrected chi connectivity index (χ0v) is 20.7. The lowest BCUT2D eigenvalue weighted by atomic mass is 9.70. The molecule has 2 atom stereocenters. The van der Waals surface area contributed by atoms with Gasteiger partial charge in [-0.3, -0.25) is 9.59 Å². The zero-order chi connectivity index (χ0) is 24.1. The molecule has 1 aromatic heterocycles. The molecule has 1 aromatic carbocycles. The topological polar surface area (TPSA) is 110 Å². The third-order valence-electron chi connectivity index (χ3n) is 6.53. The van der Waals surface area contributed by atoms with Crippen molar-refractivity contribution in [2.75, 3.05) is 5.32 Å². The minimum absolute atomic E-state index is 0.0719. The largest absolute Gasteiger partial charge is 0.345 e. The number of hydrogen-bond donors (Lipinski definition) is 2. The van der Waals surface area contributed by atoms with Gasteiger partial charge in [-0.15, -0.1) is 0 Å². The van der Waals surface area contributed by atoms with Crippen molar-refractivity contribution < 1.29 is 18.0 Å². The summed E-state index contributed by atoms with van der Waals surface area (Å²) in [6.07, 6.45) is 2.72. The van der Waals surface area contributed by atoms with Gasteiger partial charge in [0.25, 0.3) is 0 Å². The molecule has 2 heterocycles. The average Bonchev–Trinajstić information content (AvgIpc) is 3.12. The number of fused-ring (bicyclic) bond motifs is 1. The van der Waals surface area contributed by atoms with Crippen LogP contribution in [0, 0.1) is 25.2 Å². The van der Waals surface area contributed by atoms with Crippen LogP contribution in [0.15, 0.2) is 18.2 Å². The standard InChI is InChI=1S/C24H32N4O4S/c1-14-6-7-20(16(3)8-14)28-21(18-12-33(31,32)13-19(18)27-28)26-23(30)22(29)25-17-9-15(2)10-24(4,5)11-17/h6-8,15,17H,9-13H2,1-5H3,(H,25,29)(H,26,30). The number of sulfone groups is 1. The summed E-state index contributed by atoms with van der Waals surface area (Å²) in [6.45, 7) is 10.4. The highest BCUT2D eigenvalue weighted by atomic mass is 32.2. The van der Waals surface area contributed by atoms with E-state index < -0.39 is 21.7 Å². The highest BCUT2D eigenvalue weighted by Gasteiger charge is 2.36. The van der Waals surface area contributed by atoms with Crippen LogP contribution in [0.2, 0.25) is 0 Å². The van der Waals surface area contributed by atoms with Crippen LogP contribution in [0.1, 0.15) is 62.4 Å². The molecule has 2 amide bonds. The van der Waals surface area contributed by atoms with E-state index in [-0.39, 0.29) is 28.8 Å². The maximum absolute atomic E-state index is 12.9. The van der Waals surface area contributed by atoms with Crippen molar-refractivity contribution in [1.29, 1.82) is 0 Å². The lowest BCUT2D eigenvalue weighted by Gasteiger charge is -2.39. The molecule has 0 radical (unpaired) electrons. The molecule has 2 N–H and O–H groups in total.